The third-order valence-corrected chi connectivity index (χ3v) is 4.37. The predicted octanol–water partition coefficient (Wildman–Crippen LogP) is 1.87. The largest absolute Gasteiger partial charge is 0.459 e. The molecule has 0 unspecified atom stereocenters. The molecule has 2 aliphatic rings. The summed E-state index contributed by atoms with van der Waals surface area (Å²) in [7, 11) is 0. The fourth-order valence-electron chi connectivity index (χ4n) is 2.93. The Morgan fingerprint density at radius 3 is 2.73 bits per heavy atom. The summed E-state index contributed by atoms with van der Waals surface area (Å²) in [5, 5.41) is 8.98. The quantitative estimate of drug-likeness (QED) is 0.752. The maximum absolute atomic E-state index is 12.0. The fourth-order valence-corrected chi connectivity index (χ4v) is 2.93. The molecule has 0 atom stereocenters. The van der Waals surface area contributed by atoms with E-state index in [2.05, 4.69) is 40.9 Å². The van der Waals surface area contributed by atoms with Gasteiger partial charge in [0.1, 0.15) is 6.33 Å². The Balaban J connectivity index is 1.49. The minimum Gasteiger partial charge on any atom is -0.459 e. The van der Waals surface area contributed by atoms with E-state index in [1.807, 2.05) is 0 Å². The zero-order valence-corrected chi connectivity index (χ0v) is 14.6. The average molecular weight is 356 g/mol. The van der Waals surface area contributed by atoms with Crippen LogP contribution in [0.5, 0.6) is 5.88 Å². The van der Waals surface area contributed by atoms with Crippen LogP contribution in [0.15, 0.2) is 12.5 Å². The number of fused-ring (bicyclic) bond motifs is 1. The van der Waals surface area contributed by atoms with E-state index in [1.54, 1.807) is 13.8 Å². The molecule has 0 bridgehead atoms. The van der Waals surface area contributed by atoms with Crippen molar-refractivity contribution in [2.24, 2.45) is 0 Å². The monoisotopic (exact) mass is 356 g/mol. The predicted molar refractivity (Wildman–Crippen MR) is 94.4 cm³/mol. The van der Waals surface area contributed by atoms with Crippen LogP contribution in [0, 0.1) is 0 Å². The fraction of sp³-hybridized carbons (Fsp3) is 0.500. The Hall–Kier alpha value is -3.04. The van der Waals surface area contributed by atoms with E-state index < -0.39 is 5.60 Å². The smallest absolute Gasteiger partial charge is 0.269 e. The van der Waals surface area contributed by atoms with Crippen LogP contribution in [0.4, 0.5) is 23.5 Å². The highest BCUT2D eigenvalue weighted by atomic mass is 16.5. The van der Waals surface area contributed by atoms with Crippen LogP contribution < -0.4 is 20.7 Å². The van der Waals surface area contributed by atoms with E-state index in [-0.39, 0.29) is 17.6 Å². The second kappa shape index (κ2) is 6.36. The van der Waals surface area contributed by atoms with Crippen molar-refractivity contribution in [3.05, 3.63) is 12.5 Å². The molecule has 2 aromatic heterocycles. The molecule has 3 N–H and O–H groups in total. The van der Waals surface area contributed by atoms with Gasteiger partial charge in [-0.2, -0.15) is 4.98 Å². The van der Waals surface area contributed by atoms with E-state index in [1.165, 1.54) is 25.4 Å². The summed E-state index contributed by atoms with van der Waals surface area (Å²) in [5.74, 6) is 1.53. The van der Waals surface area contributed by atoms with Crippen molar-refractivity contribution in [3.63, 3.8) is 0 Å². The van der Waals surface area contributed by atoms with Crippen LogP contribution in [0.3, 0.4) is 0 Å². The maximum Gasteiger partial charge on any atom is 0.269 e. The molecule has 1 fully saturated rings. The van der Waals surface area contributed by atoms with Gasteiger partial charge in [-0.1, -0.05) is 12.8 Å². The Morgan fingerprint density at radius 2 is 1.92 bits per heavy atom. The highest BCUT2D eigenvalue weighted by Gasteiger charge is 2.37. The van der Waals surface area contributed by atoms with Gasteiger partial charge in [0.15, 0.2) is 17.2 Å². The van der Waals surface area contributed by atoms with Crippen molar-refractivity contribution in [2.45, 2.75) is 51.2 Å². The summed E-state index contributed by atoms with van der Waals surface area (Å²) < 4.78 is 5.57. The van der Waals surface area contributed by atoms with Gasteiger partial charge < -0.3 is 20.7 Å². The zero-order chi connectivity index (χ0) is 18.1. The normalized spacial score (nSPS) is 18.6. The number of rotatable bonds is 4. The Morgan fingerprint density at radius 1 is 1.15 bits per heavy atom. The number of carbonyl (C=O) groups is 1. The van der Waals surface area contributed by atoms with Crippen LogP contribution in [0.25, 0.3) is 0 Å². The molecule has 2 aromatic rings. The number of ether oxygens (including phenoxy) is 1. The van der Waals surface area contributed by atoms with Crippen LogP contribution in [0.1, 0.15) is 39.5 Å². The first-order valence-electron chi connectivity index (χ1n) is 8.60. The standard InChI is InChI=1S/C16H20N8O2/c1-16(2)13(25)23-11-12(26-16)17-7-10(21-11)22-15-19-8-18-14(24-15)20-9-5-3-4-6-9/h7-9H,3-6H2,1-2H3,(H3,18,19,20,21,22,23,24,25). The number of nitrogens with zero attached hydrogens (tertiary/aromatic N) is 5. The lowest BCUT2D eigenvalue weighted by molar-refractivity contribution is -0.129. The molecule has 1 aliphatic carbocycles. The first-order valence-corrected chi connectivity index (χ1v) is 8.60. The number of hydrogen-bond acceptors (Lipinski definition) is 9. The molecule has 0 spiro atoms. The summed E-state index contributed by atoms with van der Waals surface area (Å²) in [6.07, 6.45) is 7.64. The molecule has 4 rings (SSSR count). The minimum atomic E-state index is -0.981. The summed E-state index contributed by atoms with van der Waals surface area (Å²) in [6.45, 7) is 3.34. The van der Waals surface area contributed by atoms with E-state index in [0.717, 1.165) is 12.8 Å². The molecular weight excluding hydrogens is 336 g/mol. The summed E-state index contributed by atoms with van der Waals surface area (Å²) >= 11 is 0. The number of carbonyl (C=O) groups excluding carboxylic acids is 1. The second-order valence-corrected chi connectivity index (χ2v) is 6.86. The number of nitrogens with one attached hydrogen (secondary N) is 3. The number of amides is 1. The number of aromatic nitrogens is 5. The van der Waals surface area contributed by atoms with Crippen molar-refractivity contribution in [2.75, 3.05) is 16.0 Å². The lowest BCUT2D eigenvalue weighted by Gasteiger charge is -2.29. The first-order chi connectivity index (χ1) is 12.5. The maximum atomic E-state index is 12.0. The van der Waals surface area contributed by atoms with E-state index in [9.17, 15) is 4.79 Å². The van der Waals surface area contributed by atoms with Crippen LogP contribution in [0.2, 0.25) is 0 Å². The first kappa shape index (κ1) is 16.4. The SMILES string of the molecule is CC1(C)Oc2ncc(Nc3ncnc(NC4CCCC4)n3)nc2NC1=O. The van der Waals surface area contributed by atoms with Crippen molar-refractivity contribution in [1.29, 1.82) is 0 Å². The van der Waals surface area contributed by atoms with Crippen LogP contribution in [-0.4, -0.2) is 42.5 Å². The van der Waals surface area contributed by atoms with Gasteiger partial charge in [0.05, 0.1) is 6.20 Å². The summed E-state index contributed by atoms with van der Waals surface area (Å²) in [5.41, 5.74) is -0.981. The molecule has 0 radical (unpaired) electrons. The minimum absolute atomic E-state index is 0.262. The lowest BCUT2D eigenvalue weighted by Crippen LogP contribution is -2.46. The number of hydrogen-bond donors (Lipinski definition) is 3. The lowest BCUT2D eigenvalue weighted by atomic mass is 10.1. The molecule has 1 aliphatic heterocycles. The van der Waals surface area contributed by atoms with E-state index in [0.29, 0.717) is 23.8 Å². The van der Waals surface area contributed by atoms with Gasteiger partial charge in [-0.05, 0) is 26.7 Å². The Labute approximate surface area is 150 Å². The van der Waals surface area contributed by atoms with E-state index in [4.69, 9.17) is 4.74 Å². The van der Waals surface area contributed by atoms with Crippen molar-refractivity contribution in [3.8, 4) is 5.88 Å². The summed E-state index contributed by atoms with van der Waals surface area (Å²) in [4.78, 5) is 33.1. The van der Waals surface area contributed by atoms with Crippen molar-refractivity contribution >= 4 is 29.4 Å². The van der Waals surface area contributed by atoms with Gasteiger partial charge in [0.2, 0.25) is 11.9 Å². The highest BCUT2D eigenvalue weighted by molar-refractivity contribution is 5.99. The molecule has 1 saturated carbocycles. The molecule has 136 valence electrons. The second-order valence-electron chi connectivity index (χ2n) is 6.86. The molecule has 1 amide bonds. The molecule has 26 heavy (non-hydrogen) atoms. The molecule has 0 aromatic carbocycles. The third-order valence-electron chi connectivity index (χ3n) is 4.37. The van der Waals surface area contributed by atoms with E-state index >= 15 is 0 Å². The molecule has 10 nitrogen and oxygen atoms in total. The van der Waals surface area contributed by atoms with Gasteiger partial charge in [-0.15, -0.1) is 0 Å². The Kier molecular flexibility index (Phi) is 4.02. The zero-order valence-electron chi connectivity index (χ0n) is 14.6. The Bertz CT molecular complexity index is 835. The van der Waals surface area contributed by atoms with Gasteiger partial charge in [-0.25, -0.2) is 19.9 Å². The molecule has 0 saturated heterocycles. The number of anilines is 4. The average Bonchev–Trinajstić information content (AvgIpc) is 3.09. The molecular formula is C16H20N8O2. The third kappa shape index (κ3) is 3.35. The summed E-state index contributed by atoms with van der Waals surface area (Å²) in [6, 6.07) is 0.407. The van der Waals surface area contributed by atoms with Gasteiger partial charge in [0.25, 0.3) is 11.8 Å². The van der Waals surface area contributed by atoms with Gasteiger partial charge in [0, 0.05) is 6.04 Å². The van der Waals surface area contributed by atoms with Crippen LogP contribution in [-0.2, 0) is 4.79 Å². The highest BCUT2D eigenvalue weighted by Crippen LogP contribution is 2.31. The topological polar surface area (TPSA) is 127 Å². The van der Waals surface area contributed by atoms with Crippen LogP contribution >= 0.6 is 0 Å². The van der Waals surface area contributed by atoms with Crippen molar-refractivity contribution in [1.82, 2.24) is 24.9 Å². The van der Waals surface area contributed by atoms with Gasteiger partial charge >= 0.3 is 0 Å². The molecule has 10 heteroatoms. The van der Waals surface area contributed by atoms with Gasteiger partial charge in [-0.3, -0.25) is 4.79 Å². The van der Waals surface area contributed by atoms with Crippen molar-refractivity contribution < 1.29 is 9.53 Å². The molecule has 3 heterocycles.